The van der Waals surface area contributed by atoms with Crippen LogP contribution >= 0.6 is 0 Å². The molecule has 0 amide bonds. The quantitative estimate of drug-likeness (QED) is 0.794. The smallest absolute Gasteiger partial charge is 0.320 e. The van der Waals surface area contributed by atoms with Crippen molar-refractivity contribution in [3.8, 4) is 0 Å². The maximum Gasteiger partial charge on any atom is 0.320 e. The van der Waals surface area contributed by atoms with E-state index in [1.54, 1.807) is 13.0 Å². The summed E-state index contributed by atoms with van der Waals surface area (Å²) in [6.07, 6.45) is 0.0225. The van der Waals surface area contributed by atoms with E-state index in [1.165, 1.54) is 6.07 Å². The van der Waals surface area contributed by atoms with Gasteiger partial charge >= 0.3 is 5.97 Å². The second-order valence-corrected chi connectivity index (χ2v) is 3.62. The molecule has 0 aliphatic rings. The highest BCUT2D eigenvalue weighted by atomic mass is 19.1. The van der Waals surface area contributed by atoms with Gasteiger partial charge in [-0.15, -0.1) is 0 Å². The van der Waals surface area contributed by atoms with E-state index in [1.807, 2.05) is 6.92 Å². The third kappa shape index (κ3) is 2.53. The molecule has 1 aromatic carbocycles. The maximum atomic E-state index is 13.4. The number of hydrogen-bond acceptors (Lipinski definition) is 2. The second kappa shape index (κ2) is 4.40. The van der Waals surface area contributed by atoms with Crippen molar-refractivity contribution in [2.75, 3.05) is 0 Å². The number of carboxylic acids is 1. The number of aryl methyl sites for hydroxylation is 1. The summed E-state index contributed by atoms with van der Waals surface area (Å²) in [6, 6.07) is 1.95. The molecule has 1 atom stereocenters. The highest BCUT2D eigenvalue weighted by Gasteiger charge is 2.16. The van der Waals surface area contributed by atoms with E-state index >= 15 is 0 Å². The Hall–Kier alpha value is -1.42. The normalized spacial score (nSPS) is 12.5. The summed E-state index contributed by atoms with van der Waals surface area (Å²) in [4.78, 5) is 10.6. The fourth-order valence-corrected chi connectivity index (χ4v) is 1.40. The molecule has 0 saturated heterocycles. The SMILES string of the molecule is Cc1ccc(F)c(C[C@H](N)C(=O)O)c1C. The standard InChI is InChI=1S/C11H14FNO2/c1-6-3-4-9(12)8(7(6)2)5-10(13)11(14)15/h3-4,10H,5,13H2,1-2H3,(H,14,15)/t10-/m0/s1. The molecule has 4 heteroatoms. The predicted octanol–water partition coefficient (Wildman–Crippen LogP) is 1.40. The van der Waals surface area contributed by atoms with E-state index in [2.05, 4.69) is 0 Å². The number of hydrogen-bond donors (Lipinski definition) is 2. The molecule has 1 aromatic rings. The summed E-state index contributed by atoms with van der Waals surface area (Å²) < 4.78 is 13.4. The number of rotatable bonds is 3. The molecule has 3 nitrogen and oxygen atoms in total. The number of carbonyl (C=O) groups is 1. The number of aliphatic carboxylic acids is 1. The van der Waals surface area contributed by atoms with Gasteiger partial charge < -0.3 is 10.8 Å². The third-order valence-corrected chi connectivity index (χ3v) is 2.55. The van der Waals surface area contributed by atoms with Crippen molar-refractivity contribution >= 4 is 5.97 Å². The molecular weight excluding hydrogens is 197 g/mol. The first-order chi connectivity index (χ1) is 6.93. The number of halogens is 1. The van der Waals surface area contributed by atoms with Crippen molar-refractivity contribution in [3.63, 3.8) is 0 Å². The fourth-order valence-electron chi connectivity index (χ4n) is 1.40. The van der Waals surface area contributed by atoms with Crippen LogP contribution < -0.4 is 5.73 Å². The summed E-state index contributed by atoms with van der Waals surface area (Å²) in [5.74, 6) is -1.51. The highest BCUT2D eigenvalue weighted by molar-refractivity contribution is 5.73. The zero-order chi connectivity index (χ0) is 11.6. The van der Waals surface area contributed by atoms with Crippen LogP contribution in [-0.4, -0.2) is 17.1 Å². The van der Waals surface area contributed by atoms with Gasteiger partial charge in [-0.3, -0.25) is 4.79 Å². The molecule has 0 saturated carbocycles. The second-order valence-electron chi connectivity index (χ2n) is 3.62. The minimum Gasteiger partial charge on any atom is -0.480 e. The lowest BCUT2D eigenvalue weighted by Crippen LogP contribution is -2.32. The highest BCUT2D eigenvalue weighted by Crippen LogP contribution is 2.18. The van der Waals surface area contributed by atoms with Crippen LogP contribution in [0.1, 0.15) is 16.7 Å². The Kier molecular flexibility index (Phi) is 3.42. The van der Waals surface area contributed by atoms with Crippen molar-refractivity contribution in [2.24, 2.45) is 5.73 Å². The van der Waals surface area contributed by atoms with Gasteiger partial charge in [0.1, 0.15) is 11.9 Å². The van der Waals surface area contributed by atoms with Crippen molar-refractivity contribution in [1.82, 2.24) is 0 Å². The molecular formula is C11H14FNO2. The van der Waals surface area contributed by atoms with Gasteiger partial charge in [0, 0.05) is 6.42 Å². The Morgan fingerprint density at radius 2 is 2.13 bits per heavy atom. The van der Waals surface area contributed by atoms with Crippen LogP contribution in [0.15, 0.2) is 12.1 Å². The first kappa shape index (κ1) is 11.7. The summed E-state index contributed by atoms with van der Waals surface area (Å²) in [5.41, 5.74) is 7.47. The molecule has 3 N–H and O–H groups in total. The number of carboxylic acid groups (broad SMARTS) is 1. The van der Waals surface area contributed by atoms with Crippen LogP contribution in [0.25, 0.3) is 0 Å². The van der Waals surface area contributed by atoms with Gasteiger partial charge in [0.25, 0.3) is 0 Å². The van der Waals surface area contributed by atoms with Crippen LogP contribution in [0.5, 0.6) is 0 Å². The molecule has 0 aromatic heterocycles. The number of benzene rings is 1. The lowest BCUT2D eigenvalue weighted by Gasteiger charge is -2.12. The zero-order valence-electron chi connectivity index (χ0n) is 8.75. The summed E-state index contributed by atoms with van der Waals surface area (Å²) in [5, 5.41) is 8.65. The van der Waals surface area contributed by atoms with E-state index in [-0.39, 0.29) is 6.42 Å². The molecule has 15 heavy (non-hydrogen) atoms. The van der Waals surface area contributed by atoms with Gasteiger partial charge in [0.15, 0.2) is 0 Å². The monoisotopic (exact) mass is 211 g/mol. The van der Waals surface area contributed by atoms with Gasteiger partial charge in [-0.1, -0.05) is 6.07 Å². The van der Waals surface area contributed by atoms with Crippen molar-refractivity contribution in [1.29, 1.82) is 0 Å². The van der Waals surface area contributed by atoms with Gasteiger partial charge in [0.2, 0.25) is 0 Å². The predicted molar refractivity (Wildman–Crippen MR) is 55.2 cm³/mol. The summed E-state index contributed by atoms with van der Waals surface area (Å²) in [6.45, 7) is 3.62. The average molecular weight is 211 g/mol. The molecule has 0 spiro atoms. The Labute approximate surface area is 87.7 Å². The Bertz CT molecular complexity index is 390. The first-order valence-corrected chi connectivity index (χ1v) is 4.66. The minimum absolute atomic E-state index is 0.0225. The van der Waals surface area contributed by atoms with Crippen LogP contribution in [0.3, 0.4) is 0 Å². The Morgan fingerprint density at radius 3 is 2.67 bits per heavy atom. The minimum atomic E-state index is -1.12. The topological polar surface area (TPSA) is 63.3 Å². The van der Waals surface area contributed by atoms with E-state index in [9.17, 15) is 9.18 Å². The van der Waals surface area contributed by atoms with Gasteiger partial charge in [0.05, 0.1) is 0 Å². The Morgan fingerprint density at radius 1 is 1.53 bits per heavy atom. The molecule has 0 fully saturated rings. The zero-order valence-corrected chi connectivity index (χ0v) is 8.75. The summed E-state index contributed by atoms with van der Waals surface area (Å²) in [7, 11) is 0. The van der Waals surface area contributed by atoms with Gasteiger partial charge in [-0.2, -0.15) is 0 Å². The molecule has 0 aliphatic heterocycles. The third-order valence-electron chi connectivity index (χ3n) is 2.55. The van der Waals surface area contributed by atoms with E-state index in [0.717, 1.165) is 11.1 Å². The largest absolute Gasteiger partial charge is 0.480 e. The van der Waals surface area contributed by atoms with Crippen molar-refractivity contribution < 1.29 is 14.3 Å². The molecule has 0 bridgehead atoms. The maximum absolute atomic E-state index is 13.4. The lowest BCUT2D eigenvalue weighted by molar-refractivity contribution is -0.138. The van der Waals surface area contributed by atoms with E-state index in [0.29, 0.717) is 5.56 Å². The van der Waals surface area contributed by atoms with Crippen LogP contribution in [0.2, 0.25) is 0 Å². The molecule has 0 radical (unpaired) electrons. The molecule has 0 heterocycles. The number of nitrogens with two attached hydrogens (primary N) is 1. The molecule has 82 valence electrons. The van der Waals surface area contributed by atoms with Crippen molar-refractivity contribution in [3.05, 3.63) is 34.6 Å². The molecule has 0 unspecified atom stereocenters. The molecule has 1 rings (SSSR count). The van der Waals surface area contributed by atoms with E-state index < -0.39 is 17.8 Å². The van der Waals surface area contributed by atoms with Crippen LogP contribution in [0.4, 0.5) is 4.39 Å². The van der Waals surface area contributed by atoms with Gasteiger partial charge in [-0.25, -0.2) is 4.39 Å². The lowest BCUT2D eigenvalue weighted by atomic mass is 9.97. The van der Waals surface area contributed by atoms with Crippen LogP contribution in [0, 0.1) is 19.7 Å². The van der Waals surface area contributed by atoms with E-state index in [4.69, 9.17) is 10.8 Å². The molecule has 0 aliphatic carbocycles. The average Bonchev–Trinajstić information content (AvgIpc) is 2.18. The first-order valence-electron chi connectivity index (χ1n) is 4.66. The van der Waals surface area contributed by atoms with Gasteiger partial charge in [-0.05, 0) is 36.6 Å². The van der Waals surface area contributed by atoms with Crippen LogP contribution in [-0.2, 0) is 11.2 Å². The van der Waals surface area contributed by atoms with Crippen molar-refractivity contribution in [2.45, 2.75) is 26.3 Å². The fraction of sp³-hybridized carbons (Fsp3) is 0.364. The Balaban J connectivity index is 3.03. The summed E-state index contributed by atoms with van der Waals surface area (Å²) >= 11 is 0.